The van der Waals surface area contributed by atoms with Gasteiger partial charge in [0.15, 0.2) is 10.8 Å². The molecule has 0 radical (unpaired) electrons. The molecule has 2 N–H and O–H groups in total. The summed E-state index contributed by atoms with van der Waals surface area (Å²) >= 11 is 1.58. The van der Waals surface area contributed by atoms with Crippen LogP contribution in [0.2, 0.25) is 0 Å². The highest BCUT2D eigenvalue weighted by atomic mass is 32.1. The summed E-state index contributed by atoms with van der Waals surface area (Å²) in [5.41, 5.74) is 7.00. The lowest BCUT2D eigenvalue weighted by molar-refractivity contribution is 0.335. The van der Waals surface area contributed by atoms with Crippen molar-refractivity contribution in [2.45, 2.75) is 24.8 Å². The molecule has 2 aromatic heterocycles. The summed E-state index contributed by atoms with van der Waals surface area (Å²) in [4.78, 5) is 4.37. The molecule has 1 aliphatic rings. The van der Waals surface area contributed by atoms with E-state index in [4.69, 9.17) is 5.73 Å². The molecule has 0 aliphatic heterocycles. The summed E-state index contributed by atoms with van der Waals surface area (Å²) in [6, 6.07) is 10.5. The van der Waals surface area contributed by atoms with Crippen LogP contribution < -0.4 is 5.73 Å². The van der Waals surface area contributed by atoms with Crippen molar-refractivity contribution in [3.8, 4) is 16.5 Å². The summed E-state index contributed by atoms with van der Waals surface area (Å²) in [6.45, 7) is 0. The Morgan fingerprint density at radius 3 is 2.62 bits per heavy atom. The minimum Gasteiger partial charge on any atom is -0.328 e. The largest absolute Gasteiger partial charge is 0.328 e. The van der Waals surface area contributed by atoms with Crippen LogP contribution in [0.4, 0.5) is 0 Å². The van der Waals surface area contributed by atoms with Crippen molar-refractivity contribution in [2.75, 3.05) is 0 Å². The van der Waals surface area contributed by atoms with E-state index in [-0.39, 0.29) is 0 Å². The number of benzene rings is 1. The molecule has 1 aliphatic carbocycles. The normalized spacial score (nSPS) is 21.2. The van der Waals surface area contributed by atoms with Crippen LogP contribution in [0.5, 0.6) is 0 Å². The number of para-hydroxylation sites is 1. The third-order valence-corrected chi connectivity index (χ3v) is 4.63. The molecule has 3 aromatic rings. The molecule has 5 nitrogen and oxygen atoms in total. The van der Waals surface area contributed by atoms with Crippen LogP contribution in [-0.2, 0) is 0 Å². The van der Waals surface area contributed by atoms with Crippen LogP contribution in [0.1, 0.15) is 24.6 Å². The number of rotatable bonds is 3. The average molecular weight is 297 g/mol. The predicted molar refractivity (Wildman–Crippen MR) is 82.4 cm³/mol. The molecule has 106 valence electrons. The fourth-order valence-electron chi connectivity index (χ4n) is 2.74. The van der Waals surface area contributed by atoms with Gasteiger partial charge in [-0.2, -0.15) is 0 Å². The van der Waals surface area contributed by atoms with Crippen molar-refractivity contribution in [1.82, 2.24) is 19.7 Å². The van der Waals surface area contributed by atoms with Gasteiger partial charge in [0.1, 0.15) is 5.82 Å². The molecule has 4 rings (SSSR count). The first-order valence-corrected chi connectivity index (χ1v) is 7.87. The number of aromatic nitrogens is 4. The van der Waals surface area contributed by atoms with Gasteiger partial charge in [0.05, 0.1) is 0 Å². The Bertz CT molecular complexity index is 729. The van der Waals surface area contributed by atoms with Crippen molar-refractivity contribution in [2.24, 2.45) is 5.73 Å². The lowest BCUT2D eigenvalue weighted by Crippen LogP contribution is -2.36. The molecule has 0 unspecified atom stereocenters. The van der Waals surface area contributed by atoms with Crippen LogP contribution in [0.3, 0.4) is 0 Å². The summed E-state index contributed by atoms with van der Waals surface area (Å²) in [6.07, 6.45) is 3.74. The second kappa shape index (κ2) is 5.05. The fourth-order valence-corrected chi connectivity index (χ4v) is 3.35. The van der Waals surface area contributed by atoms with E-state index in [0.29, 0.717) is 12.0 Å². The first kappa shape index (κ1) is 12.7. The van der Waals surface area contributed by atoms with E-state index in [1.165, 1.54) is 0 Å². The summed E-state index contributed by atoms with van der Waals surface area (Å²) in [5.74, 6) is 2.20. The number of nitrogens with zero attached hydrogens (tertiary/aromatic N) is 4. The molecular formula is C15H15N5S. The van der Waals surface area contributed by atoms with E-state index < -0.39 is 0 Å². The van der Waals surface area contributed by atoms with Crippen molar-refractivity contribution in [1.29, 1.82) is 0 Å². The third-order valence-electron chi connectivity index (χ3n) is 3.87. The Morgan fingerprint density at radius 1 is 1.14 bits per heavy atom. The van der Waals surface area contributed by atoms with Crippen LogP contribution in [-0.4, -0.2) is 25.8 Å². The Morgan fingerprint density at radius 2 is 1.95 bits per heavy atom. The molecule has 0 saturated heterocycles. The van der Waals surface area contributed by atoms with Gasteiger partial charge in [0.25, 0.3) is 0 Å². The van der Waals surface area contributed by atoms with E-state index in [9.17, 15) is 0 Å². The van der Waals surface area contributed by atoms with E-state index in [0.717, 1.165) is 35.2 Å². The van der Waals surface area contributed by atoms with Gasteiger partial charge in [-0.25, -0.2) is 4.98 Å². The number of thiazole rings is 1. The van der Waals surface area contributed by atoms with Crippen LogP contribution in [0.15, 0.2) is 41.9 Å². The zero-order valence-corrected chi connectivity index (χ0v) is 12.2. The number of hydrogen-bond acceptors (Lipinski definition) is 5. The molecule has 1 aromatic carbocycles. The van der Waals surface area contributed by atoms with Gasteiger partial charge in [0.2, 0.25) is 0 Å². The maximum absolute atomic E-state index is 5.93. The van der Waals surface area contributed by atoms with Crippen molar-refractivity contribution < 1.29 is 0 Å². The Kier molecular flexibility index (Phi) is 3.05. The van der Waals surface area contributed by atoms with Gasteiger partial charge in [-0.15, -0.1) is 21.5 Å². The quantitative estimate of drug-likeness (QED) is 0.806. The highest BCUT2D eigenvalue weighted by Crippen LogP contribution is 2.37. The molecule has 6 heteroatoms. The SMILES string of the molecule is N[C@H]1C[C@H](c2nnc(-c3nccs3)n2-c2ccccc2)C1. The lowest BCUT2D eigenvalue weighted by Gasteiger charge is -2.31. The summed E-state index contributed by atoms with van der Waals surface area (Å²) < 4.78 is 2.12. The molecular weight excluding hydrogens is 282 g/mol. The lowest BCUT2D eigenvalue weighted by atomic mass is 9.80. The first-order valence-electron chi connectivity index (χ1n) is 6.99. The van der Waals surface area contributed by atoms with Crippen molar-refractivity contribution in [3.05, 3.63) is 47.7 Å². The monoisotopic (exact) mass is 297 g/mol. The van der Waals surface area contributed by atoms with Gasteiger partial charge >= 0.3 is 0 Å². The molecule has 1 fully saturated rings. The summed E-state index contributed by atoms with van der Waals surface area (Å²) in [7, 11) is 0. The smallest absolute Gasteiger partial charge is 0.197 e. The first-order chi connectivity index (χ1) is 10.3. The van der Waals surface area contributed by atoms with Gasteiger partial charge in [-0.3, -0.25) is 4.57 Å². The molecule has 0 atom stereocenters. The molecule has 2 heterocycles. The van der Waals surface area contributed by atoms with E-state index in [1.54, 1.807) is 17.5 Å². The third kappa shape index (κ3) is 2.16. The highest BCUT2D eigenvalue weighted by Gasteiger charge is 2.33. The van der Waals surface area contributed by atoms with E-state index >= 15 is 0 Å². The number of hydrogen-bond donors (Lipinski definition) is 1. The van der Waals surface area contributed by atoms with Crippen molar-refractivity contribution >= 4 is 11.3 Å². The maximum atomic E-state index is 5.93. The van der Waals surface area contributed by atoms with Crippen LogP contribution in [0.25, 0.3) is 16.5 Å². The second-order valence-corrected chi connectivity index (χ2v) is 6.21. The Hall–Kier alpha value is -2.05. The Balaban J connectivity index is 1.85. The highest BCUT2D eigenvalue weighted by molar-refractivity contribution is 7.13. The predicted octanol–water partition coefficient (Wildman–Crippen LogP) is 2.60. The topological polar surface area (TPSA) is 69.6 Å². The zero-order valence-electron chi connectivity index (χ0n) is 11.4. The molecule has 1 saturated carbocycles. The second-order valence-electron chi connectivity index (χ2n) is 5.32. The van der Waals surface area contributed by atoms with Gasteiger partial charge in [0, 0.05) is 29.2 Å². The standard InChI is InChI=1S/C15H15N5S/c16-11-8-10(9-11)13-18-19-14(15-17-6-7-21-15)20(13)12-4-2-1-3-5-12/h1-7,10-11H,8-9,16H2/t10-,11-. The van der Waals surface area contributed by atoms with Gasteiger partial charge in [-0.05, 0) is 25.0 Å². The molecule has 0 spiro atoms. The van der Waals surface area contributed by atoms with Crippen LogP contribution in [0, 0.1) is 0 Å². The fraction of sp³-hybridized carbons (Fsp3) is 0.267. The van der Waals surface area contributed by atoms with Gasteiger partial charge in [-0.1, -0.05) is 18.2 Å². The van der Waals surface area contributed by atoms with E-state index in [2.05, 4.69) is 31.9 Å². The maximum Gasteiger partial charge on any atom is 0.197 e. The molecule has 0 bridgehead atoms. The van der Waals surface area contributed by atoms with Crippen molar-refractivity contribution in [3.63, 3.8) is 0 Å². The Labute approximate surface area is 126 Å². The number of nitrogens with two attached hydrogens (primary N) is 1. The van der Waals surface area contributed by atoms with Gasteiger partial charge < -0.3 is 5.73 Å². The zero-order chi connectivity index (χ0) is 14.2. The average Bonchev–Trinajstić information content (AvgIpc) is 3.13. The molecule has 21 heavy (non-hydrogen) atoms. The van der Waals surface area contributed by atoms with E-state index in [1.807, 2.05) is 23.6 Å². The minimum absolute atomic E-state index is 0.291. The van der Waals surface area contributed by atoms with Crippen LogP contribution >= 0.6 is 11.3 Å². The molecule has 0 amide bonds. The minimum atomic E-state index is 0.291. The summed E-state index contributed by atoms with van der Waals surface area (Å²) in [5, 5.41) is 11.7.